The van der Waals surface area contributed by atoms with Crippen LogP contribution in [0.2, 0.25) is 0 Å². The molecule has 24 heavy (non-hydrogen) atoms. The third kappa shape index (κ3) is 3.42. The first-order valence-corrected chi connectivity index (χ1v) is 8.38. The molecule has 5 nitrogen and oxygen atoms in total. The second-order valence-corrected chi connectivity index (χ2v) is 6.51. The van der Waals surface area contributed by atoms with Gasteiger partial charge in [-0.3, -0.25) is 9.78 Å². The van der Waals surface area contributed by atoms with Crippen molar-refractivity contribution in [3.63, 3.8) is 0 Å². The number of aryl methyl sites for hydroxylation is 1. The molecule has 2 heterocycles. The number of hydrogen-bond donors (Lipinski definition) is 1. The second kappa shape index (κ2) is 7.28. The van der Waals surface area contributed by atoms with Crippen LogP contribution in [-0.4, -0.2) is 47.7 Å². The van der Waals surface area contributed by atoms with Crippen molar-refractivity contribution >= 4 is 16.8 Å². The number of carbonyl (C=O) groups is 1. The molecular weight excluding hydrogens is 304 g/mol. The molecule has 0 aliphatic carbocycles. The van der Waals surface area contributed by atoms with Gasteiger partial charge < -0.3 is 14.7 Å². The highest BCUT2D eigenvalue weighted by atomic mass is 16.5. The summed E-state index contributed by atoms with van der Waals surface area (Å²) in [6.45, 7) is 3.96. The van der Waals surface area contributed by atoms with Gasteiger partial charge in [-0.2, -0.15) is 0 Å². The Bertz CT molecular complexity index is 745. The van der Waals surface area contributed by atoms with E-state index < -0.39 is 0 Å². The number of benzene rings is 1. The van der Waals surface area contributed by atoms with Gasteiger partial charge in [0.15, 0.2) is 0 Å². The van der Waals surface area contributed by atoms with Crippen molar-refractivity contribution in [2.24, 2.45) is 5.92 Å². The van der Waals surface area contributed by atoms with E-state index in [0.717, 1.165) is 40.7 Å². The summed E-state index contributed by atoms with van der Waals surface area (Å²) in [5.74, 6) is 0.424. The maximum Gasteiger partial charge on any atom is 0.223 e. The minimum absolute atomic E-state index is 0.0275. The first-order valence-electron chi connectivity index (χ1n) is 8.38. The fraction of sp³-hybridized carbons (Fsp3) is 0.474. The third-order valence-electron chi connectivity index (χ3n) is 4.73. The number of fused-ring (bicyclic) bond motifs is 1. The second-order valence-electron chi connectivity index (χ2n) is 6.51. The van der Waals surface area contributed by atoms with Crippen LogP contribution in [0.1, 0.15) is 23.2 Å². The lowest BCUT2D eigenvalue weighted by Gasteiger charge is -2.17. The zero-order valence-corrected chi connectivity index (χ0v) is 14.3. The number of carbonyl (C=O) groups excluding carboxylic acids is 1. The predicted molar refractivity (Wildman–Crippen MR) is 92.7 cm³/mol. The Balaban J connectivity index is 1.82. The summed E-state index contributed by atoms with van der Waals surface area (Å²) in [5, 5.41) is 10.8. The summed E-state index contributed by atoms with van der Waals surface area (Å²) in [7, 11) is 1.65. The predicted octanol–water partition coefficient (Wildman–Crippen LogP) is 2.07. The molecule has 128 valence electrons. The van der Waals surface area contributed by atoms with Gasteiger partial charge in [-0.05, 0) is 36.5 Å². The molecule has 1 aromatic heterocycles. The third-order valence-corrected chi connectivity index (χ3v) is 4.73. The van der Waals surface area contributed by atoms with E-state index in [1.807, 2.05) is 36.1 Å². The van der Waals surface area contributed by atoms with Crippen LogP contribution in [0.25, 0.3) is 10.9 Å². The van der Waals surface area contributed by atoms with E-state index in [1.54, 1.807) is 7.11 Å². The zero-order chi connectivity index (χ0) is 17.1. The number of hydrogen-bond acceptors (Lipinski definition) is 4. The summed E-state index contributed by atoms with van der Waals surface area (Å²) < 4.78 is 5.06. The molecule has 1 fully saturated rings. The number of aromatic nitrogens is 1. The number of rotatable bonds is 6. The number of aliphatic hydroxyl groups excluding tert-OH is 1. The monoisotopic (exact) mass is 328 g/mol. The number of methoxy groups -OCH3 is 1. The van der Waals surface area contributed by atoms with Gasteiger partial charge in [-0.15, -0.1) is 0 Å². The summed E-state index contributed by atoms with van der Waals surface area (Å²) in [5.41, 5.74) is 3.87. The van der Waals surface area contributed by atoms with E-state index in [1.165, 1.54) is 0 Å². The number of aliphatic hydroxyl groups is 1. The van der Waals surface area contributed by atoms with E-state index >= 15 is 0 Å². The van der Waals surface area contributed by atoms with E-state index in [-0.39, 0.29) is 18.4 Å². The maximum atomic E-state index is 12.1. The Labute approximate surface area is 142 Å². The molecular formula is C19H24N2O3. The number of para-hydroxylation sites is 1. The van der Waals surface area contributed by atoms with Crippen molar-refractivity contribution in [1.82, 2.24) is 9.88 Å². The van der Waals surface area contributed by atoms with Crippen LogP contribution >= 0.6 is 0 Å². The smallest absolute Gasteiger partial charge is 0.223 e. The van der Waals surface area contributed by atoms with Crippen molar-refractivity contribution in [2.75, 3.05) is 26.8 Å². The van der Waals surface area contributed by atoms with Gasteiger partial charge in [-0.25, -0.2) is 0 Å². The topological polar surface area (TPSA) is 62.7 Å². The Morgan fingerprint density at radius 2 is 2.25 bits per heavy atom. The van der Waals surface area contributed by atoms with Gasteiger partial charge >= 0.3 is 0 Å². The van der Waals surface area contributed by atoms with Crippen LogP contribution < -0.4 is 0 Å². The molecule has 1 aromatic carbocycles. The largest absolute Gasteiger partial charge is 0.392 e. The molecule has 1 saturated heterocycles. The van der Waals surface area contributed by atoms with E-state index in [9.17, 15) is 9.90 Å². The quantitative estimate of drug-likeness (QED) is 0.882. The van der Waals surface area contributed by atoms with E-state index in [2.05, 4.69) is 0 Å². The van der Waals surface area contributed by atoms with Crippen LogP contribution in [0.15, 0.2) is 24.3 Å². The molecule has 0 unspecified atom stereocenters. The van der Waals surface area contributed by atoms with Crippen LogP contribution in [0.4, 0.5) is 0 Å². The highest BCUT2D eigenvalue weighted by molar-refractivity contribution is 5.82. The summed E-state index contributed by atoms with van der Waals surface area (Å²) in [6.07, 6.45) is 1.26. The Morgan fingerprint density at radius 1 is 1.42 bits per heavy atom. The molecule has 0 spiro atoms. The number of nitrogens with zero attached hydrogens (tertiary/aromatic N) is 2. The molecule has 1 atom stereocenters. The van der Waals surface area contributed by atoms with Gasteiger partial charge in [0.2, 0.25) is 5.91 Å². The lowest BCUT2D eigenvalue weighted by Crippen LogP contribution is -2.29. The van der Waals surface area contributed by atoms with Crippen LogP contribution in [0.3, 0.4) is 0 Å². The minimum atomic E-state index is -0.0275. The minimum Gasteiger partial charge on any atom is -0.392 e. The fourth-order valence-corrected chi connectivity index (χ4v) is 3.42. The molecule has 0 radical (unpaired) electrons. The lowest BCUT2D eigenvalue weighted by molar-refractivity contribution is -0.128. The molecule has 2 aromatic rings. The Hall–Kier alpha value is -1.98. The number of amides is 1. The lowest BCUT2D eigenvalue weighted by atomic mass is 9.97. The van der Waals surface area contributed by atoms with Gasteiger partial charge in [0, 0.05) is 37.7 Å². The zero-order valence-electron chi connectivity index (χ0n) is 14.3. The summed E-state index contributed by atoms with van der Waals surface area (Å²) >= 11 is 0. The fourth-order valence-electron chi connectivity index (χ4n) is 3.42. The molecule has 0 bridgehead atoms. The first-order chi connectivity index (χ1) is 11.6. The average molecular weight is 328 g/mol. The molecule has 0 saturated carbocycles. The summed E-state index contributed by atoms with van der Waals surface area (Å²) in [6, 6.07) is 8.08. The maximum absolute atomic E-state index is 12.1. The molecule has 1 amide bonds. The van der Waals surface area contributed by atoms with Gasteiger partial charge in [0.1, 0.15) is 0 Å². The van der Waals surface area contributed by atoms with Crippen LogP contribution in [0.5, 0.6) is 0 Å². The van der Waals surface area contributed by atoms with Crippen LogP contribution in [-0.2, 0) is 22.6 Å². The van der Waals surface area contributed by atoms with E-state index in [4.69, 9.17) is 9.72 Å². The van der Waals surface area contributed by atoms with Crippen molar-refractivity contribution in [1.29, 1.82) is 0 Å². The first kappa shape index (κ1) is 16.9. The number of pyridine rings is 1. The molecule has 5 heteroatoms. The molecule has 3 rings (SSSR count). The van der Waals surface area contributed by atoms with Crippen molar-refractivity contribution in [3.8, 4) is 0 Å². The van der Waals surface area contributed by atoms with Gasteiger partial charge in [-0.1, -0.05) is 18.2 Å². The van der Waals surface area contributed by atoms with Crippen molar-refractivity contribution < 1.29 is 14.6 Å². The highest BCUT2D eigenvalue weighted by Crippen LogP contribution is 2.26. The Kier molecular flexibility index (Phi) is 5.11. The standard InChI is InChI=1S/C19H24N2O3/c1-13-4-3-5-15-10-16(12-22)17(20-19(13)15)8-14-9-18(23)21(11-14)6-7-24-2/h3-5,10,14,22H,6-9,11-12H2,1-2H3/t14-/m1/s1. The number of ether oxygens (including phenoxy) is 1. The van der Waals surface area contributed by atoms with Gasteiger partial charge in [0.05, 0.1) is 18.7 Å². The molecule has 1 N–H and O–H groups in total. The van der Waals surface area contributed by atoms with E-state index in [0.29, 0.717) is 19.6 Å². The normalized spacial score (nSPS) is 17.9. The number of likely N-dealkylation sites (tertiary alicyclic amines) is 1. The molecule has 1 aliphatic heterocycles. The Morgan fingerprint density at radius 3 is 3.00 bits per heavy atom. The van der Waals surface area contributed by atoms with Crippen LogP contribution in [0, 0.1) is 12.8 Å². The van der Waals surface area contributed by atoms with Gasteiger partial charge in [0.25, 0.3) is 0 Å². The SMILES string of the molecule is COCCN1C[C@H](Cc2nc3c(C)cccc3cc2CO)CC1=O. The molecule has 1 aliphatic rings. The highest BCUT2D eigenvalue weighted by Gasteiger charge is 2.30. The summed E-state index contributed by atoms with van der Waals surface area (Å²) in [4.78, 5) is 18.8. The van der Waals surface area contributed by atoms with Crippen molar-refractivity contribution in [3.05, 3.63) is 41.1 Å². The average Bonchev–Trinajstić information content (AvgIpc) is 2.92. The van der Waals surface area contributed by atoms with Crippen molar-refractivity contribution in [2.45, 2.75) is 26.4 Å².